The fraction of sp³-hybridized carbons (Fsp3) is 0.235. The Balaban J connectivity index is 1.88. The van der Waals surface area contributed by atoms with Gasteiger partial charge in [0.25, 0.3) is 0 Å². The van der Waals surface area contributed by atoms with Crippen molar-refractivity contribution in [3.63, 3.8) is 0 Å². The van der Waals surface area contributed by atoms with Gasteiger partial charge in [-0.05, 0) is 36.4 Å². The lowest BCUT2D eigenvalue weighted by atomic mass is 10.2. The Kier molecular flexibility index (Phi) is 6.80. The van der Waals surface area contributed by atoms with Crippen LogP contribution in [0.1, 0.15) is 17.3 Å². The number of benzene rings is 2. The molecule has 0 aliphatic rings. The standard InChI is InChI=1S/C17H17BrO4S/c1-2-23(20)16-6-4-3-5-15(16)17(19)22-12-11-21-14-9-7-13(18)8-10-14/h3-10H,2,11-12H2,1H3. The molecule has 0 aliphatic carbocycles. The van der Waals surface area contributed by atoms with Crippen LogP contribution in [0.4, 0.5) is 0 Å². The second-order valence-corrected chi connectivity index (χ2v) is 7.19. The second kappa shape index (κ2) is 8.84. The van der Waals surface area contributed by atoms with Crippen LogP contribution in [0, 0.1) is 0 Å². The third-order valence-electron chi connectivity index (χ3n) is 3.01. The highest BCUT2D eigenvalue weighted by Crippen LogP contribution is 2.17. The van der Waals surface area contributed by atoms with Crippen molar-refractivity contribution in [2.75, 3.05) is 19.0 Å². The number of hydrogen-bond acceptors (Lipinski definition) is 4. The van der Waals surface area contributed by atoms with Crippen molar-refractivity contribution >= 4 is 32.7 Å². The van der Waals surface area contributed by atoms with E-state index in [4.69, 9.17) is 9.47 Å². The summed E-state index contributed by atoms with van der Waals surface area (Å²) < 4.78 is 23.6. The topological polar surface area (TPSA) is 52.6 Å². The number of halogens is 1. The van der Waals surface area contributed by atoms with Crippen LogP contribution in [-0.4, -0.2) is 29.1 Å². The molecule has 0 amide bonds. The van der Waals surface area contributed by atoms with Crippen LogP contribution in [0.2, 0.25) is 0 Å². The largest absolute Gasteiger partial charge is 0.490 e. The summed E-state index contributed by atoms with van der Waals surface area (Å²) in [5, 5.41) is 0. The van der Waals surface area contributed by atoms with Crippen LogP contribution in [-0.2, 0) is 15.5 Å². The summed E-state index contributed by atoms with van der Waals surface area (Å²) in [6, 6.07) is 14.2. The minimum Gasteiger partial charge on any atom is -0.490 e. The van der Waals surface area contributed by atoms with Gasteiger partial charge in [0.2, 0.25) is 0 Å². The van der Waals surface area contributed by atoms with E-state index in [1.165, 1.54) is 0 Å². The summed E-state index contributed by atoms with van der Waals surface area (Å²) in [5.74, 6) is 0.676. The summed E-state index contributed by atoms with van der Waals surface area (Å²) >= 11 is 3.35. The predicted octanol–water partition coefficient (Wildman–Crippen LogP) is 3.81. The maximum Gasteiger partial charge on any atom is 0.339 e. The minimum atomic E-state index is -1.20. The lowest BCUT2D eigenvalue weighted by Gasteiger charge is -2.10. The van der Waals surface area contributed by atoms with Crippen LogP contribution in [0.15, 0.2) is 57.9 Å². The first-order chi connectivity index (χ1) is 11.1. The van der Waals surface area contributed by atoms with Gasteiger partial charge in [-0.25, -0.2) is 4.79 Å². The molecule has 0 radical (unpaired) electrons. The summed E-state index contributed by atoms with van der Waals surface area (Å²) in [6.45, 7) is 2.19. The van der Waals surface area contributed by atoms with Crippen LogP contribution in [0.3, 0.4) is 0 Å². The van der Waals surface area contributed by atoms with E-state index in [1.807, 2.05) is 31.2 Å². The number of esters is 1. The third-order valence-corrected chi connectivity index (χ3v) is 4.91. The van der Waals surface area contributed by atoms with Crippen molar-refractivity contribution in [3.8, 4) is 5.75 Å². The quantitative estimate of drug-likeness (QED) is 0.527. The third kappa shape index (κ3) is 5.18. The number of rotatable bonds is 7. The highest BCUT2D eigenvalue weighted by molar-refractivity contribution is 9.10. The molecule has 0 fully saturated rings. The Morgan fingerprint density at radius 2 is 1.78 bits per heavy atom. The van der Waals surface area contributed by atoms with Crippen LogP contribution in [0.25, 0.3) is 0 Å². The molecule has 0 saturated carbocycles. The fourth-order valence-corrected chi connectivity index (χ4v) is 3.09. The van der Waals surface area contributed by atoms with Gasteiger partial charge in [0, 0.05) is 10.2 Å². The number of carbonyl (C=O) groups is 1. The molecule has 0 saturated heterocycles. The summed E-state index contributed by atoms with van der Waals surface area (Å²) in [7, 11) is -1.20. The lowest BCUT2D eigenvalue weighted by molar-refractivity contribution is 0.0446. The normalized spacial score (nSPS) is 11.7. The van der Waals surface area contributed by atoms with Gasteiger partial charge in [-0.3, -0.25) is 4.21 Å². The van der Waals surface area contributed by atoms with Gasteiger partial charge in [-0.2, -0.15) is 0 Å². The molecule has 0 N–H and O–H groups in total. The number of ether oxygens (including phenoxy) is 2. The summed E-state index contributed by atoms with van der Waals surface area (Å²) in [4.78, 5) is 12.6. The van der Waals surface area contributed by atoms with Gasteiger partial charge in [0.05, 0.1) is 21.3 Å². The smallest absolute Gasteiger partial charge is 0.339 e. The zero-order valence-electron chi connectivity index (χ0n) is 12.7. The van der Waals surface area contributed by atoms with E-state index in [-0.39, 0.29) is 13.2 Å². The van der Waals surface area contributed by atoms with Crippen LogP contribution in [0.5, 0.6) is 5.75 Å². The number of carbonyl (C=O) groups excluding carboxylic acids is 1. The highest BCUT2D eigenvalue weighted by atomic mass is 79.9. The second-order valence-electron chi connectivity index (χ2n) is 4.57. The predicted molar refractivity (Wildman–Crippen MR) is 93.3 cm³/mol. The minimum absolute atomic E-state index is 0.127. The van der Waals surface area contributed by atoms with Crippen molar-refractivity contribution < 1.29 is 18.5 Å². The van der Waals surface area contributed by atoms with Crippen LogP contribution >= 0.6 is 15.9 Å². The average molecular weight is 397 g/mol. The Bertz CT molecular complexity index is 685. The highest BCUT2D eigenvalue weighted by Gasteiger charge is 2.15. The molecule has 0 heterocycles. The number of hydrogen-bond donors (Lipinski definition) is 0. The summed E-state index contributed by atoms with van der Waals surface area (Å²) in [6.07, 6.45) is 0. The van der Waals surface area contributed by atoms with E-state index >= 15 is 0 Å². The molecule has 23 heavy (non-hydrogen) atoms. The zero-order valence-corrected chi connectivity index (χ0v) is 15.1. The molecule has 2 aromatic rings. The molecule has 0 aromatic heterocycles. The van der Waals surface area contributed by atoms with Crippen LogP contribution < -0.4 is 4.74 Å². The van der Waals surface area contributed by atoms with Gasteiger partial charge in [0.15, 0.2) is 0 Å². The monoisotopic (exact) mass is 396 g/mol. The van der Waals surface area contributed by atoms with Crippen molar-refractivity contribution in [1.82, 2.24) is 0 Å². The Labute approximate surface area is 146 Å². The maximum atomic E-state index is 12.1. The Hall–Kier alpha value is -1.66. The van der Waals surface area contributed by atoms with E-state index < -0.39 is 16.8 Å². The Morgan fingerprint density at radius 3 is 2.48 bits per heavy atom. The van der Waals surface area contributed by atoms with Gasteiger partial charge >= 0.3 is 5.97 Å². The first-order valence-electron chi connectivity index (χ1n) is 7.14. The molecule has 6 heteroatoms. The van der Waals surface area contributed by atoms with Gasteiger partial charge in [0.1, 0.15) is 19.0 Å². The van der Waals surface area contributed by atoms with E-state index in [1.54, 1.807) is 24.3 Å². The molecule has 1 atom stereocenters. The van der Waals surface area contributed by atoms with Crippen molar-refractivity contribution in [2.24, 2.45) is 0 Å². The molecule has 122 valence electrons. The SMILES string of the molecule is CCS(=O)c1ccccc1C(=O)OCCOc1ccc(Br)cc1. The molecule has 4 nitrogen and oxygen atoms in total. The van der Waals surface area contributed by atoms with Crippen molar-refractivity contribution in [2.45, 2.75) is 11.8 Å². The fourth-order valence-electron chi connectivity index (χ4n) is 1.89. The van der Waals surface area contributed by atoms with Gasteiger partial charge in [-0.1, -0.05) is 35.0 Å². The van der Waals surface area contributed by atoms with E-state index in [9.17, 15) is 9.00 Å². The zero-order chi connectivity index (χ0) is 16.7. The van der Waals surface area contributed by atoms with E-state index in [0.29, 0.717) is 22.0 Å². The lowest BCUT2D eigenvalue weighted by Crippen LogP contribution is -2.14. The molecular formula is C17H17BrO4S. The average Bonchev–Trinajstić information content (AvgIpc) is 2.59. The molecule has 0 bridgehead atoms. The maximum absolute atomic E-state index is 12.1. The molecule has 0 aliphatic heterocycles. The van der Waals surface area contributed by atoms with Gasteiger partial charge in [-0.15, -0.1) is 0 Å². The first-order valence-corrected chi connectivity index (χ1v) is 9.26. The molecule has 1 unspecified atom stereocenters. The summed E-state index contributed by atoms with van der Waals surface area (Å²) in [5.41, 5.74) is 0.344. The van der Waals surface area contributed by atoms with E-state index in [2.05, 4.69) is 15.9 Å². The molecule has 2 aromatic carbocycles. The van der Waals surface area contributed by atoms with Crippen molar-refractivity contribution in [1.29, 1.82) is 0 Å². The molecule has 2 rings (SSSR count). The molecular weight excluding hydrogens is 380 g/mol. The van der Waals surface area contributed by atoms with Crippen molar-refractivity contribution in [3.05, 3.63) is 58.6 Å². The molecule has 0 spiro atoms. The van der Waals surface area contributed by atoms with Gasteiger partial charge < -0.3 is 9.47 Å². The van der Waals surface area contributed by atoms with E-state index in [0.717, 1.165) is 4.47 Å². The first kappa shape index (κ1) is 17.7. The Morgan fingerprint density at radius 1 is 1.09 bits per heavy atom.